The lowest BCUT2D eigenvalue weighted by Gasteiger charge is -2.32. The zero-order valence-corrected chi connectivity index (χ0v) is 12.4. The van der Waals surface area contributed by atoms with Crippen LogP contribution in [0, 0.1) is 0 Å². The zero-order valence-electron chi connectivity index (χ0n) is 10.8. The molecule has 19 heavy (non-hydrogen) atoms. The summed E-state index contributed by atoms with van der Waals surface area (Å²) in [4.78, 5) is 17.6. The Hall–Kier alpha value is -0.980. The van der Waals surface area contributed by atoms with E-state index in [1.807, 2.05) is 12.1 Å². The third-order valence-electron chi connectivity index (χ3n) is 3.04. The summed E-state index contributed by atoms with van der Waals surface area (Å²) in [5, 5.41) is 0. The highest BCUT2D eigenvalue weighted by molar-refractivity contribution is 9.10. The van der Waals surface area contributed by atoms with E-state index in [1.54, 1.807) is 6.20 Å². The van der Waals surface area contributed by atoms with Gasteiger partial charge in [-0.2, -0.15) is 0 Å². The van der Waals surface area contributed by atoms with Gasteiger partial charge in [0.1, 0.15) is 4.60 Å². The van der Waals surface area contributed by atoms with Crippen molar-refractivity contribution in [3.05, 3.63) is 28.5 Å². The molecule has 2 heterocycles. The van der Waals surface area contributed by atoms with Crippen LogP contribution < -0.4 is 0 Å². The van der Waals surface area contributed by atoms with Gasteiger partial charge in [0.25, 0.3) is 0 Å². The van der Waals surface area contributed by atoms with Crippen molar-refractivity contribution in [3.63, 3.8) is 0 Å². The smallest absolute Gasteiger partial charge is 0.308 e. The van der Waals surface area contributed by atoms with Crippen LogP contribution in [0.1, 0.15) is 12.0 Å². The molecule has 0 spiro atoms. The highest BCUT2D eigenvalue weighted by Gasteiger charge is 2.23. The van der Waals surface area contributed by atoms with Crippen LogP contribution in [0.15, 0.2) is 22.9 Å². The van der Waals surface area contributed by atoms with Crippen LogP contribution >= 0.6 is 15.9 Å². The van der Waals surface area contributed by atoms with Gasteiger partial charge in [0.05, 0.1) is 26.2 Å². The van der Waals surface area contributed by atoms with E-state index in [2.05, 4.69) is 30.6 Å². The first-order valence-corrected chi connectivity index (χ1v) is 6.98. The summed E-state index contributed by atoms with van der Waals surface area (Å²) in [6.45, 7) is 3.10. The molecule has 1 aliphatic rings. The number of halogens is 1. The number of nitrogens with zero attached hydrogens (tertiary/aromatic N) is 2. The van der Waals surface area contributed by atoms with Gasteiger partial charge in [0, 0.05) is 25.8 Å². The lowest BCUT2D eigenvalue weighted by atomic mass is 10.2. The fourth-order valence-electron chi connectivity index (χ4n) is 2.12. The Balaban J connectivity index is 1.89. The Morgan fingerprint density at radius 2 is 2.53 bits per heavy atom. The maximum absolute atomic E-state index is 11.3. The Bertz CT molecular complexity index is 442. The third kappa shape index (κ3) is 4.56. The third-order valence-corrected chi connectivity index (χ3v) is 3.48. The normalized spacial score (nSPS) is 20.2. The van der Waals surface area contributed by atoms with E-state index >= 15 is 0 Å². The molecule has 1 aromatic rings. The number of morpholine rings is 1. The highest BCUT2D eigenvalue weighted by atomic mass is 79.9. The molecule has 1 aromatic heterocycles. The first-order chi connectivity index (χ1) is 9.17. The van der Waals surface area contributed by atoms with Crippen LogP contribution in [-0.2, 0) is 20.8 Å². The molecule has 1 fully saturated rings. The fourth-order valence-corrected chi connectivity index (χ4v) is 2.53. The maximum atomic E-state index is 11.3. The van der Waals surface area contributed by atoms with Crippen molar-refractivity contribution in [2.75, 3.05) is 26.8 Å². The van der Waals surface area contributed by atoms with Crippen LogP contribution in [0.25, 0.3) is 0 Å². The lowest BCUT2D eigenvalue weighted by molar-refractivity contribution is -0.145. The van der Waals surface area contributed by atoms with E-state index in [0.717, 1.165) is 24.2 Å². The maximum Gasteiger partial charge on any atom is 0.308 e. The van der Waals surface area contributed by atoms with Crippen LogP contribution in [0.2, 0.25) is 0 Å². The second-order valence-electron chi connectivity index (χ2n) is 4.49. The predicted octanol–water partition coefficient (Wildman–Crippen LogP) is 1.61. The Kier molecular flexibility index (Phi) is 5.30. The summed E-state index contributed by atoms with van der Waals surface area (Å²) in [7, 11) is 1.40. The molecule has 0 radical (unpaired) electrons. The number of ether oxygens (including phenoxy) is 2. The summed E-state index contributed by atoms with van der Waals surface area (Å²) >= 11 is 3.37. The minimum atomic E-state index is -0.224. The molecule has 0 saturated carbocycles. The number of aromatic nitrogens is 1. The van der Waals surface area contributed by atoms with Gasteiger partial charge >= 0.3 is 5.97 Å². The van der Waals surface area contributed by atoms with E-state index in [4.69, 9.17) is 4.74 Å². The average molecular weight is 329 g/mol. The molecule has 0 aromatic carbocycles. The molecule has 1 atom stereocenters. The molecule has 0 N–H and O–H groups in total. The number of pyridine rings is 1. The van der Waals surface area contributed by atoms with Crippen molar-refractivity contribution < 1.29 is 14.3 Å². The van der Waals surface area contributed by atoms with Gasteiger partial charge in [-0.3, -0.25) is 9.69 Å². The standard InChI is InChI=1S/C13H17BrN2O3/c1-18-13(17)7-11-9-16(4-5-19-11)8-10-2-3-15-12(14)6-10/h2-3,6,11H,4-5,7-9H2,1H3/t11-/m0/s1. The molecular weight excluding hydrogens is 312 g/mol. The van der Waals surface area contributed by atoms with Crippen LogP contribution in [0.4, 0.5) is 0 Å². The second-order valence-corrected chi connectivity index (χ2v) is 5.31. The van der Waals surface area contributed by atoms with Gasteiger partial charge in [-0.05, 0) is 33.6 Å². The van der Waals surface area contributed by atoms with Crippen molar-refractivity contribution in [2.24, 2.45) is 0 Å². The quantitative estimate of drug-likeness (QED) is 0.620. The second kappa shape index (κ2) is 6.98. The number of hydrogen-bond donors (Lipinski definition) is 0. The summed E-state index contributed by atoms with van der Waals surface area (Å²) in [6.07, 6.45) is 2.02. The van der Waals surface area contributed by atoms with Crippen molar-refractivity contribution in [1.29, 1.82) is 0 Å². The van der Waals surface area contributed by atoms with Gasteiger partial charge in [0.2, 0.25) is 0 Å². The molecule has 0 amide bonds. The highest BCUT2D eigenvalue weighted by Crippen LogP contribution is 2.14. The average Bonchev–Trinajstić information content (AvgIpc) is 2.39. The van der Waals surface area contributed by atoms with Gasteiger partial charge in [-0.25, -0.2) is 4.98 Å². The predicted molar refractivity (Wildman–Crippen MR) is 73.6 cm³/mol. The van der Waals surface area contributed by atoms with Gasteiger partial charge in [0.15, 0.2) is 0 Å². The zero-order chi connectivity index (χ0) is 13.7. The van der Waals surface area contributed by atoms with E-state index in [-0.39, 0.29) is 12.1 Å². The molecule has 0 bridgehead atoms. The van der Waals surface area contributed by atoms with Crippen LogP contribution in [-0.4, -0.2) is 48.8 Å². The first-order valence-electron chi connectivity index (χ1n) is 6.18. The molecule has 5 nitrogen and oxygen atoms in total. The Morgan fingerprint density at radius 1 is 1.68 bits per heavy atom. The largest absolute Gasteiger partial charge is 0.469 e. The summed E-state index contributed by atoms with van der Waals surface area (Å²) in [6, 6.07) is 4.00. The minimum Gasteiger partial charge on any atom is -0.469 e. The minimum absolute atomic E-state index is 0.0773. The summed E-state index contributed by atoms with van der Waals surface area (Å²) in [5.74, 6) is -0.224. The van der Waals surface area contributed by atoms with Crippen molar-refractivity contribution >= 4 is 21.9 Å². The summed E-state index contributed by atoms with van der Waals surface area (Å²) < 4.78 is 11.1. The number of rotatable bonds is 4. The SMILES string of the molecule is COC(=O)C[C@H]1CN(Cc2ccnc(Br)c2)CCO1. The number of esters is 1. The molecule has 0 aliphatic carbocycles. The number of carbonyl (C=O) groups excluding carboxylic acids is 1. The van der Waals surface area contributed by atoms with Crippen LogP contribution in [0.3, 0.4) is 0 Å². The first kappa shape index (κ1) is 14.4. The molecular formula is C13H17BrN2O3. The van der Waals surface area contributed by atoms with E-state index in [9.17, 15) is 4.79 Å². The van der Waals surface area contributed by atoms with Gasteiger partial charge in [-0.1, -0.05) is 0 Å². The summed E-state index contributed by atoms with van der Waals surface area (Å²) in [5.41, 5.74) is 1.19. The van der Waals surface area contributed by atoms with E-state index in [1.165, 1.54) is 12.7 Å². The fraction of sp³-hybridized carbons (Fsp3) is 0.538. The van der Waals surface area contributed by atoms with Gasteiger partial charge in [-0.15, -0.1) is 0 Å². The topological polar surface area (TPSA) is 51.7 Å². The van der Waals surface area contributed by atoms with Crippen LogP contribution in [0.5, 0.6) is 0 Å². The van der Waals surface area contributed by atoms with Crippen molar-refractivity contribution in [2.45, 2.75) is 19.1 Å². The number of methoxy groups -OCH3 is 1. The molecule has 6 heteroatoms. The molecule has 104 valence electrons. The van der Waals surface area contributed by atoms with Crippen molar-refractivity contribution in [3.8, 4) is 0 Å². The molecule has 0 unspecified atom stereocenters. The molecule has 2 rings (SSSR count). The van der Waals surface area contributed by atoms with Crippen molar-refractivity contribution in [1.82, 2.24) is 9.88 Å². The monoisotopic (exact) mass is 328 g/mol. The molecule has 1 saturated heterocycles. The lowest BCUT2D eigenvalue weighted by Crippen LogP contribution is -2.42. The van der Waals surface area contributed by atoms with E-state index < -0.39 is 0 Å². The van der Waals surface area contributed by atoms with Gasteiger partial charge < -0.3 is 9.47 Å². The van der Waals surface area contributed by atoms with E-state index in [0.29, 0.717) is 13.0 Å². The number of carbonyl (C=O) groups is 1. The Morgan fingerprint density at radius 3 is 3.26 bits per heavy atom. The Labute approximate surface area is 121 Å². The number of hydrogen-bond acceptors (Lipinski definition) is 5. The molecule has 1 aliphatic heterocycles.